The van der Waals surface area contributed by atoms with Gasteiger partial charge in [0.15, 0.2) is 0 Å². The van der Waals surface area contributed by atoms with Crippen LogP contribution in [0.15, 0.2) is 36.7 Å². The Morgan fingerprint density at radius 3 is 2.55 bits per heavy atom. The number of amides is 1. The van der Waals surface area contributed by atoms with Gasteiger partial charge in [0.25, 0.3) is 5.91 Å². The van der Waals surface area contributed by atoms with Crippen LogP contribution in [-0.2, 0) is 4.79 Å². The van der Waals surface area contributed by atoms with E-state index < -0.39 is 18.2 Å². The van der Waals surface area contributed by atoms with Crippen LogP contribution < -0.4 is 0 Å². The van der Waals surface area contributed by atoms with E-state index in [2.05, 4.69) is 10.3 Å². The third-order valence-electron chi connectivity index (χ3n) is 3.69. The average molecular weight is 304 g/mol. The van der Waals surface area contributed by atoms with Gasteiger partial charge in [-0.25, -0.2) is 13.9 Å². The van der Waals surface area contributed by atoms with E-state index in [0.717, 1.165) is 5.69 Å². The Balaban J connectivity index is 1.75. The summed E-state index contributed by atoms with van der Waals surface area (Å²) in [6.45, 7) is -0.335. The van der Waals surface area contributed by atoms with Crippen LogP contribution in [0.4, 0.5) is 4.39 Å². The van der Waals surface area contributed by atoms with Crippen LogP contribution in [0.25, 0.3) is 5.69 Å². The lowest BCUT2D eigenvalue weighted by Gasteiger charge is -2.17. The maximum Gasteiger partial charge on any atom is 0.343 e. The lowest BCUT2D eigenvalue weighted by atomic mass is 10.1. The molecule has 0 radical (unpaired) electrons. The van der Waals surface area contributed by atoms with Crippen LogP contribution in [0.1, 0.15) is 16.8 Å². The molecule has 1 N–H and O–H groups in total. The highest BCUT2D eigenvalue weighted by Crippen LogP contribution is 2.27. The maximum atomic E-state index is 14.0. The third kappa shape index (κ3) is 2.43. The maximum absolute atomic E-state index is 14.0. The van der Waals surface area contributed by atoms with E-state index in [1.54, 1.807) is 35.1 Å². The van der Waals surface area contributed by atoms with Gasteiger partial charge in [0.1, 0.15) is 0 Å². The minimum absolute atomic E-state index is 0.0897. The number of carboxylic acids is 1. The summed E-state index contributed by atoms with van der Waals surface area (Å²) >= 11 is 0. The Hall–Kier alpha value is -2.77. The SMILES string of the molecule is O=C(c1ccc(-n2ccnn2)cc1)N1CCC(F)(C(=O)O)C1. The number of carbonyl (C=O) groups is 2. The topological polar surface area (TPSA) is 88.3 Å². The molecule has 8 heteroatoms. The van der Waals surface area contributed by atoms with Crippen LogP contribution in [0.5, 0.6) is 0 Å². The molecule has 114 valence electrons. The predicted molar refractivity (Wildman–Crippen MR) is 73.4 cm³/mol. The summed E-state index contributed by atoms with van der Waals surface area (Å²) in [5.41, 5.74) is -1.24. The lowest BCUT2D eigenvalue weighted by molar-refractivity contribution is -0.149. The monoisotopic (exact) mass is 304 g/mol. The van der Waals surface area contributed by atoms with Gasteiger partial charge in [0.2, 0.25) is 5.67 Å². The van der Waals surface area contributed by atoms with Gasteiger partial charge >= 0.3 is 5.97 Å². The summed E-state index contributed by atoms with van der Waals surface area (Å²) in [4.78, 5) is 24.4. The van der Waals surface area contributed by atoms with E-state index in [1.165, 1.54) is 11.1 Å². The molecule has 22 heavy (non-hydrogen) atoms. The Kier molecular flexibility index (Phi) is 3.36. The highest BCUT2D eigenvalue weighted by molar-refractivity contribution is 5.95. The predicted octanol–water partition coefficient (Wildman–Crippen LogP) is 0.906. The Morgan fingerprint density at radius 2 is 2.00 bits per heavy atom. The molecule has 0 saturated carbocycles. The molecule has 1 unspecified atom stereocenters. The number of nitrogens with zero attached hydrogens (tertiary/aromatic N) is 4. The molecule has 0 aliphatic carbocycles. The van der Waals surface area contributed by atoms with Crippen molar-refractivity contribution in [3.05, 3.63) is 42.2 Å². The third-order valence-corrected chi connectivity index (χ3v) is 3.69. The molecule has 2 heterocycles. The van der Waals surface area contributed by atoms with Gasteiger partial charge in [-0.2, -0.15) is 0 Å². The van der Waals surface area contributed by atoms with Crippen molar-refractivity contribution in [2.75, 3.05) is 13.1 Å². The first-order chi connectivity index (χ1) is 10.5. The summed E-state index contributed by atoms with van der Waals surface area (Å²) in [6.07, 6.45) is 3.02. The zero-order valence-electron chi connectivity index (χ0n) is 11.5. The number of benzene rings is 1. The fourth-order valence-electron chi connectivity index (χ4n) is 2.41. The molecular formula is C14H13FN4O3. The van der Waals surface area contributed by atoms with Crippen molar-refractivity contribution in [2.24, 2.45) is 0 Å². The van der Waals surface area contributed by atoms with E-state index in [-0.39, 0.29) is 18.9 Å². The first-order valence-corrected chi connectivity index (χ1v) is 6.68. The van der Waals surface area contributed by atoms with Gasteiger partial charge in [-0.15, -0.1) is 5.10 Å². The average Bonchev–Trinajstić information content (AvgIpc) is 3.17. The largest absolute Gasteiger partial charge is 0.479 e. The summed E-state index contributed by atoms with van der Waals surface area (Å²) < 4.78 is 15.5. The fraction of sp³-hybridized carbons (Fsp3) is 0.286. The summed E-state index contributed by atoms with van der Waals surface area (Å²) in [5, 5.41) is 16.4. The number of rotatable bonds is 3. The molecule has 2 aromatic rings. The van der Waals surface area contributed by atoms with Crippen molar-refractivity contribution < 1.29 is 19.1 Å². The molecule has 0 spiro atoms. The molecule has 1 aliphatic heterocycles. The minimum atomic E-state index is -2.35. The normalized spacial score (nSPS) is 21.0. The zero-order valence-corrected chi connectivity index (χ0v) is 11.5. The Morgan fingerprint density at radius 1 is 1.27 bits per heavy atom. The first kappa shape index (κ1) is 14.2. The van der Waals surface area contributed by atoms with E-state index in [4.69, 9.17) is 5.11 Å². The number of aromatic nitrogens is 3. The fourth-order valence-corrected chi connectivity index (χ4v) is 2.41. The van der Waals surface area contributed by atoms with Crippen LogP contribution in [0.3, 0.4) is 0 Å². The van der Waals surface area contributed by atoms with E-state index in [9.17, 15) is 14.0 Å². The zero-order chi connectivity index (χ0) is 15.7. The van der Waals surface area contributed by atoms with Gasteiger partial charge in [-0.3, -0.25) is 4.79 Å². The van der Waals surface area contributed by atoms with E-state index in [1.807, 2.05) is 0 Å². The second-order valence-electron chi connectivity index (χ2n) is 5.14. The highest BCUT2D eigenvalue weighted by Gasteiger charge is 2.46. The van der Waals surface area contributed by atoms with Crippen LogP contribution in [0.2, 0.25) is 0 Å². The quantitative estimate of drug-likeness (QED) is 0.910. The smallest absolute Gasteiger partial charge is 0.343 e. The molecule has 1 saturated heterocycles. The number of likely N-dealkylation sites (tertiary alicyclic amines) is 1. The van der Waals surface area contributed by atoms with Crippen molar-refractivity contribution in [1.82, 2.24) is 19.9 Å². The molecule has 3 rings (SSSR count). The van der Waals surface area contributed by atoms with Crippen LogP contribution in [0, 0.1) is 0 Å². The van der Waals surface area contributed by atoms with Crippen molar-refractivity contribution in [3.63, 3.8) is 0 Å². The molecule has 1 aromatic heterocycles. The van der Waals surface area contributed by atoms with Crippen molar-refractivity contribution in [1.29, 1.82) is 0 Å². The van der Waals surface area contributed by atoms with Crippen molar-refractivity contribution >= 4 is 11.9 Å². The second kappa shape index (κ2) is 5.21. The summed E-state index contributed by atoms with van der Waals surface area (Å²) in [7, 11) is 0. The Labute approximate surface area is 125 Å². The van der Waals surface area contributed by atoms with Gasteiger partial charge in [0, 0.05) is 18.5 Å². The van der Waals surface area contributed by atoms with Crippen molar-refractivity contribution in [3.8, 4) is 5.69 Å². The molecule has 1 fully saturated rings. The van der Waals surface area contributed by atoms with Crippen LogP contribution >= 0.6 is 0 Å². The molecule has 1 aliphatic rings. The number of hydrogen-bond donors (Lipinski definition) is 1. The summed E-state index contributed by atoms with van der Waals surface area (Å²) in [6, 6.07) is 6.58. The first-order valence-electron chi connectivity index (χ1n) is 6.68. The number of hydrogen-bond acceptors (Lipinski definition) is 4. The van der Waals surface area contributed by atoms with Gasteiger partial charge in [0.05, 0.1) is 24.6 Å². The molecule has 7 nitrogen and oxygen atoms in total. The minimum Gasteiger partial charge on any atom is -0.479 e. The van der Waals surface area contributed by atoms with Gasteiger partial charge in [-0.1, -0.05) is 5.21 Å². The van der Waals surface area contributed by atoms with E-state index >= 15 is 0 Å². The molecule has 1 aromatic carbocycles. The van der Waals surface area contributed by atoms with E-state index in [0.29, 0.717) is 5.56 Å². The lowest BCUT2D eigenvalue weighted by Crippen LogP contribution is -2.38. The number of halogens is 1. The van der Waals surface area contributed by atoms with Gasteiger partial charge < -0.3 is 10.0 Å². The second-order valence-corrected chi connectivity index (χ2v) is 5.14. The van der Waals surface area contributed by atoms with Crippen LogP contribution in [-0.4, -0.2) is 55.6 Å². The number of alkyl halides is 1. The van der Waals surface area contributed by atoms with Crippen molar-refractivity contribution in [2.45, 2.75) is 12.1 Å². The number of aliphatic carboxylic acids is 1. The molecule has 0 bridgehead atoms. The number of carbonyl (C=O) groups excluding carboxylic acids is 1. The molecule has 1 amide bonds. The Bertz CT molecular complexity index is 701. The summed E-state index contributed by atoms with van der Waals surface area (Å²) in [5.74, 6) is -1.91. The number of carboxylic acid groups (broad SMARTS) is 1. The molecular weight excluding hydrogens is 291 g/mol. The van der Waals surface area contributed by atoms with Gasteiger partial charge in [-0.05, 0) is 24.3 Å². The molecule has 1 atom stereocenters. The highest BCUT2D eigenvalue weighted by atomic mass is 19.1. The standard InChI is InChI=1S/C14H13FN4O3/c15-14(13(21)22)5-7-18(9-14)12(20)10-1-3-11(4-2-10)19-8-6-16-17-19/h1-4,6,8H,5,7,9H2,(H,21,22).